The SMILES string of the molecule is C=C(/C=C\C1=C(C)NCC1C)CCCCOC(CC)CCC. The second kappa shape index (κ2) is 10.7. The largest absolute Gasteiger partial charge is 0.388 e. The molecule has 0 spiro atoms. The number of ether oxygens (including phenoxy) is 1. The number of hydrogen-bond donors (Lipinski definition) is 1. The molecule has 0 saturated carbocycles. The summed E-state index contributed by atoms with van der Waals surface area (Å²) in [6.07, 6.45) is 11.8. The molecule has 0 aromatic heterocycles. The molecular formula is C20H35NO. The topological polar surface area (TPSA) is 21.3 Å². The first-order valence-corrected chi connectivity index (χ1v) is 9.00. The predicted molar refractivity (Wildman–Crippen MR) is 96.9 cm³/mol. The molecule has 0 fully saturated rings. The van der Waals surface area contributed by atoms with Crippen molar-refractivity contribution in [1.82, 2.24) is 5.32 Å². The van der Waals surface area contributed by atoms with Crippen LogP contribution in [0.25, 0.3) is 0 Å². The minimum Gasteiger partial charge on any atom is -0.388 e. The summed E-state index contributed by atoms with van der Waals surface area (Å²) in [5.74, 6) is 0.613. The average Bonchev–Trinajstić information content (AvgIpc) is 2.82. The van der Waals surface area contributed by atoms with Crippen LogP contribution in [0.2, 0.25) is 0 Å². The quantitative estimate of drug-likeness (QED) is 0.409. The fourth-order valence-corrected chi connectivity index (χ4v) is 2.90. The van der Waals surface area contributed by atoms with E-state index in [0.29, 0.717) is 12.0 Å². The van der Waals surface area contributed by atoms with Gasteiger partial charge >= 0.3 is 0 Å². The van der Waals surface area contributed by atoms with Crippen LogP contribution in [-0.4, -0.2) is 19.3 Å². The molecule has 0 bridgehead atoms. The van der Waals surface area contributed by atoms with Crippen molar-refractivity contribution in [3.8, 4) is 0 Å². The van der Waals surface area contributed by atoms with Crippen molar-refractivity contribution in [1.29, 1.82) is 0 Å². The van der Waals surface area contributed by atoms with Gasteiger partial charge in [0.15, 0.2) is 0 Å². The monoisotopic (exact) mass is 305 g/mol. The summed E-state index contributed by atoms with van der Waals surface area (Å²) in [6, 6.07) is 0. The van der Waals surface area contributed by atoms with Crippen LogP contribution in [0.15, 0.2) is 35.6 Å². The van der Waals surface area contributed by atoms with Crippen LogP contribution >= 0.6 is 0 Å². The predicted octanol–water partition coefficient (Wildman–Crippen LogP) is 5.38. The first kappa shape index (κ1) is 19.0. The third-order valence-corrected chi connectivity index (χ3v) is 4.45. The molecule has 0 aromatic rings. The summed E-state index contributed by atoms with van der Waals surface area (Å²) >= 11 is 0. The van der Waals surface area contributed by atoms with Gasteiger partial charge in [-0.25, -0.2) is 0 Å². The van der Waals surface area contributed by atoms with E-state index in [-0.39, 0.29) is 0 Å². The van der Waals surface area contributed by atoms with E-state index in [0.717, 1.165) is 38.8 Å². The van der Waals surface area contributed by atoms with Gasteiger partial charge in [0, 0.05) is 24.8 Å². The van der Waals surface area contributed by atoms with Crippen LogP contribution in [0.1, 0.15) is 66.2 Å². The van der Waals surface area contributed by atoms with Gasteiger partial charge in [-0.05, 0) is 44.6 Å². The molecule has 1 rings (SSSR count). The lowest BCUT2D eigenvalue weighted by Crippen LogP contribution is -2.12. The summed E-state index contributed by atoms with van der Waals surface area (Å²) in [4.78, 5) is 0. The highest BCUT2D eigenvalue weighted by molar-refractivity contribution is 5.33. The molecule has 0 aliphatic carbocycles. The van der Waals surface area contributed by atoms with Crippen LogP contribution in [0, 0.1) is 5.92 Å². The van der Waals surface area contributed by atoms with Gasteiger partial charge in [-0.2, -0.15) is 0 Å². The van der Waals surface area contributed by atoms with Crippen LogP contribution in [0.4, 0.5) is 0 Å². The van der Waals surface area contributed by atoms with Crippen molar-refractivity contribution in [3.05, 3.63) is 35.6 Å². The number of nitrogens with one attached hydrogen (secondary N) is 1. The molecule has 2 heteroatoms. The Hall–Kier alpha value is -1.02. The molecule has 2 nitrogen and oxygen atoms in total. The third-order valence-electron chi connectivity index (χ3n) is 4.45. The van der Waals surface area contributed by atoms with E-state index < -0.39 is 0 Å². The lowest BCUT2D eigenvalue weighted by Gasteiger charge is -2.14. The molecule has 2 unspecified atom stereocenters. The van der Waals surface area contributed by atoms with Crippen molar-refractivity contribution in [2.45, 2.75) is 72.3 Å². The Morgan fingerprint density at radius 1 is 1.41 bits per heavy atom. The van der Waals surface area contributed by atoms with E-state index in [1.54, 1.807) is 0 Å². The molecule has 0 amide bonds. The van der Waals surface area contributed by atoms with Crippen LogP contribution in [0.5, 0.6) is 0 Å². The van der Waals surface area contributed by atoms with Gasteiger partial charge in [-0.3, -0.25) is 0 Å². The van der Waals surface area contributed by atoms with E-state index in [9.17, 15) is 0 Å². The van der Waals surface area contributed by atoms with Gasteiger partial charge in [0.2, 0.25) is 0 Å². The maximum atomic E-state index is 5.92. The minimum absolute atomic E-state index is 0.458. The summed E-state index contributed by atoms with van der Waals surface area (Å²) in [5.41, 5.74) is 3.96. The molecule has 1 aliphatic heterocycles. The van der Waals surface area contributed by atoms with E-state index in [1.807, 2.05) is 0 Å². The lowest BCUT2D eigenvalue weighted by molar-refractivity contribution is 0.0423. The molecule has 126 valence electrons. The second-order valence-electron chi connectivity index (χ2n) is 6.50. The molecule has 0 aromatic carbocycles. The second-order valence-corrected chi connectivity index (χ2v) is 6.50. The van der Waals surface area contributed by atoms with Crippen molar-refractivity contribution in [2.75, 3.05) is 13.2 Å². The molecule has 2 atom stereocenters. The Balaban J connectivity index is 2.17. The first-order valence-electron chi connectivity index (χ1n) is 9.00. The van der Waals surface area contributed by atoms with Crippen molar-refractivity contribution in [3.63, 3.8) is 0 Å². The van der Waals surface area contributed by atoms with Gasteiger partial charge < -0.3 is 10.1 Å². The number of unbranched alkanes of at least 4 members (excludes halogenated alkanes) is 1. The molecular weight excluding hydrogens is 270 g/mol. The van der Waals surface area contributed by atoms with Gasteiger partial charge in [0.05, 0.1) is 6.10 Å². The van der Waals surface area contributed by atoms with Gasteiger partial charge in [-0.15, -0.1) is 0 Å². The number of allylic oxidation sites excluding steroid dienone is 4. The number of hydrogen-bond acceptors (Lipinski definition) is 2. The number of rotatable bonds is 11. The van der Waals surface area contributed by atoms with Gasteiger partial charge in [-0.1, -0.05) is 51.5 Å². The Morgan fingerprint density at radius 2 is 2.18 bits per heavy atom. The molecule has 0 radical (unpaired) electrons. The summed E-state index contributed by atoms with van der Waals surface area (Å²) in [6.45, 7) is 15.0. The molecule has 0 saturated heterocycles. The van der Waals surface area contributed by atoms with E-state index >= 15 is 0 Å². The van der Waals surface area contributed by atoms with Crippen LogP contribution in [0.3, 0.4) is 0 Å². The van der Waals surface area contributed by atoms with Crippen LogP contribution < -0.4 is 5.32 Å². The Bertz CT molecular complexity index is 395. The standard InChI is InChI=1S/C20H35NO/c1-6-10-19(7-2)22-14-9-8-11-16(3)12-13-20-17(4)15-21-18(20)5/h12-13,17,19,21H,3,6-11,14-15H2,1-2,4-5H3/b13-12-. The minimum atomic E-state index is 0.458. The maximum absolute atomic E-state index is 5.92. The fraction of sp³-hybridized carbons (Fsp3) is 0.700. The van der Waals surface area contributed by atoms with Crippen molar-refractivity contribution in [2.24, 2.45) is 5.92 Å². The summed E-state index contributed by atoms with van der Waals surface area (Å²) < 4.78 is 5.92. The molecule has 22 heavy (non-hydrogen) atoms. The van der Waals surface area contributed by atoms with Crippen molar-refractivity contribution >= 4 is 0 Å². The summed E-state index contributed by atoms with van der Waals surface area (Å²) in [5, 5.41) is 3.41. The van der Waals surface area contributed by atoms with Gasteiger partial charge in [0.1, 0.15) is 0 Å². The normalized spacial score (nSPS) is 19.7. The fourth-order valence-electron chi connectivity index (χ4n) is 2.90. The average molecular weight is 306 g/mol. The smallest absolute Gasteiger partial charge is 0.0572 e. The lowest BCUT2D eigenvalue weighted by atomic mass is 10.0. The maximum Gasteiger partial charge on any atom is 0.0572 e. The molecule has 1 N–H and O–H groups in total. The zero-order chi connectivity index (χ0) is 16.4. The Kier molecular flexibility index (Phi) is 9.22. The Morgan fingerprint density at radius 3 is 2.77 bits per heavy atom. The third kappa shape index (κ3) is 6.83. The zero-order valence-electron chi connectivity index (χ0n) is 15.1. The first-order chi connectivity index (χ1) is 10.6. The highest BCUT2D eigenvalue weighted by Crippen LogP contribution is 2.22. The highest BCUT2D eigenvalue weighted by Gasteiger charge is 2.15. The molecule has 1 aliphatic rings. The summed E-state index contributed by atoms with van der Waals surface area (Å²) in [7, 11) is 0. The van der Waals surface area contributed by atoms with E-state index in [2.05, 4.69) is 51.7 Å². The highest BCUT2D eigenvalue weighted by atomic mass is 16.5. The van der Waals surface area contributed by atoms with E-state index in [4.69, 9.17) is 4.74 Å². The molecule has 1 heterocycles. The van der Waals surface area contributed by atoms with E-state index in [1.165, 1.54) is 29.7 Å². The van der Waals surface area contributed by atoms with Crippen molar-refractivity contribution < 1.29 is 4.74 Å². The van der Waals surface area contributed by atoms with Gasteiger partial charge in [0.25, 0.3) is 0 Å². The Labute approximate surface area is 137 Å². The van der Waals surface area contributed by atoms with Crippen LogP contribution in [-0.2, 0) is 4.74 Å². The zero-order valence-corrected chi connectivity index (χ0v) is 15.1.